The number of hydrogen-bond donors (Lipinski definition) is 1. The van der Waals surface area contributed by atoms with Crippen molar-refractivity contribution in [2.75, 3.05) is 11.9 Å². The van der Waals surface area contributed by atoms with Crippen LogP contribution in [-0.4, -0.2) is 6.54 Å². The van der Waals surface area contributed by atoms with E-state index in [-0.39, 0.29) is 0 Å². The lowest BCUT2D eigenvalue weighted by Gasteiger charge is -2.06. The second-order valence-electron chi connectivity index (χ2n) is 2.91. The van der Waals surface area contributed by atoms with Gasteiger partial charge in [-0.15, -0.1) is 0 Å². The fourth-order valence-corrected chi connectivity index (χ4v) is 1.51. The van der Waals surface area contributed by atoms with Crippen LogP contribution in [0.3, 0.4) is 0 Å². The lowest BCUT2D eigenvalue weighted by Crippen LogP contribution is -2.00. The first-order chi connectivity index (χ1) is 6.24. The minimum Gasteiger partial charge on any atom is -0.385 e. The summed E-state index contributed by atoms with van der Waals surface area (Å²) in [5.41, 5.74) is 1.12. The monoisotopic (exact) mass is 261 g/mol. The summed E-state index contributed by atoms with van der Waals surface area (Å²) < 4.78 is 0.940. The molecule has 3 heteroatoms. The molecule has 1 N–H and O–H groups in total. The smallest absolute Gasteiger partial charge is 0.0549 e. The predicted octanol–water partition coefficient (Wildman–Crippen LogP) is 4.31. The molecule has 0 aliphatic heterocycles. The van der Waals surface area contributed by atoms with Crippen LogP contribution in [0.5, 0.6) is 0 Å². The zero-order valence-electron chi connectivity index (χ0n) is 7.61. The van der Waals surface area contributed by atoms with Crippen LogP contribution >= 0.6 is 27.5 Å². The van der Waals surface area contributed by atoms with E-state index in [0.717, 1.165) is 21.7 Å². The molecule has 0 aromatic heterocycles. The van der Waals surface area contributed by atoms with Crippen LogP contribution in [0.4, 0.5) is 5.69 Å². The Morgan fingerprint density at radius 2 is 2.23 bits per heavy atom. The van der Waals surface area contributed by atoms with E-state index in [0.29, 0.717) is 0 Å². The topological polar surface area (TPSA) is 12.0 Å². The maximum Gasteiger partial charge on any atom is 0.0549 e. The van der Waals surface area contributed by atoms with Gasteiger partial charge in [0.1, 0.15) is 0 Å². The van der Waals surface area contributed by atoms with Crippen molar-refractivity contribution >= 4 is 33.2 Å². The van der Waals surface area contributed by atoms with Gasteiger partial charge in [-0.2, -0.15) is 0 Å². The molecule has 0 atom stereocenters. The molecular weight excluding hydrogens is 249 g/mol. The highest BCUT2D eigenvalue weighted by molar-refractivity contribution is 9.10. The summed E-state index contributed by atoms with van der Waals surface area (Å²) in [6, 6.07) is 5.88. The highest BCUT2D eigenvalue weighted by atomic mass is 79.9. The third kappa shape index (κ3) is 3.57. The molecule has 1 rings (SSSR count). The van der Waals surface area contributed by atoms with Gasteiger partial charge in [0.2, 0.25) is 0 Å². The van der Waals surface area contributed by atoms with Gasteiger partial charge >= 0.3 is 0 Å². The number of benzene rings is 1. The van der Waals surface area contributed by atoms with E-state index in [2.05, 4.69) is 28.2 Å². The molecule has 0 saturated heterocycles. The van der Waals surface area contributed by atoms with E-state index < -0.39 is 0 Å². The molecular formula is C10H13BrClN. The summed E-state index contributed by atoms with van der Waals surface area (Å²) in [6.07, 6.45) is 2.40. The molecule has 0 saturated carbocycles. The number of unbranched alkanes of at least 4 members (excludes halogenated alkanes) is 1. The van der Waals surface area contributed by atoms with E-state index in [1.54, 1.807) is 0 Å². The first-order valence-electron chi connectivity index (χ1n) is 4.43. The fraction of sp³-hybridized carbons (Fsp3) is 0.400. The van der Waals surface area contributed by atoms with Gasteiger partial charge < -0.3 is 5.32 Å². The largest absolute Gasteiger partial charge is 0.385 e. The van der Waals surface area contributed by atoms with Gasteiger partial charge in [-0.05, 0) is 40.5 Å². The van der Waals surface area contributed by atoms with Crippen LogP contribution in [0, 0.1) is 0 Å². The first kappa shape index (κ1) is 10.9. The Hall–Kier alpha value is -0.210. The molecule has 1 aromatic rings. The summed E-state index contributed by atoms with van der Waals surface area (Å²) in [4.78, 5) is 0. The number of nitrogens with one attached hydrogen (secondary N) is 1. The number of rotatable bonds is 4. The quantitative estimate of drug-likeness (QED) is 0.797. The summed E-state index contributed by atoms with van der Waals surface area (Å²) in [6.45, 7) is 3.20. The third-order valence-corrected chi connectivity index (χ3v) is 2.99. The van der Waals surface area contributed by atoms with Crippen molar-refractivity contribution in [3.63, 3.8) is 0 Å². The molecule has 0 amide bonds. The standard InChI is InChI=1S/C10H13BrClN/c1-2-3-6-13-8-4-5-10(12)9(11)7-8/h4-5,7,13H,2-3,6H2,1H3. The van der Waals surface area contributed by atoms with Gasteiger partial charge in [0.25, 0.3) is 0 Å². The molecule has 0 spiro atoms. The first-order valence-corrected chi connectivity index (χ1v) is 5.60. The molecule has 0 aliphatic rings. The molecule has 0 unspecified atom stereocenters. The van der Waals surface area contributed by atoms with E-state index in [1.807, 2.05) is 18.2 Å². The van der Waals surface area contributed by atoms with Gasteiger partial charge in [0.15, 0.2) is 0 Å². The van der Waals surface area contributed by atoms with Crippen LogP contribution in [0.2, 0.25) is 5.02 Å². The van der Waals surface area contributed by atoms with E-state index in [1.165, 1.54) is 12.8 Å². The molecule has 72 valence electrons. The zero-order valence-corrected chi connectivity index (χ0v) is 9.95. The van der Waals surface area contributed by atoms with Crippen molar-refractivity contribution in [1.82, 2.24) is 0 Å². The van der Waals surface area contributed by atoms with Crippen LogP contribution in [0.15, 0.2) is 22.7 Å². The maximum atomic E-state index is 5.87. The fourth-order valence-electron chi connectivity index (χ4n) is 1.02. The van der Waals surface area contributed by atoms with Gasteiger partial charge in [0.05, 0.1) is 5.02 Å². The normalized spacial score (nSPS) is 10.1. The molecule has 13 heavy (non-hydrogen) atoms. The van der Waals surface area contributed by atoms with Gasteiger partial charge in [-0.3, -0.25) is 0 Å². The maximum absolute atomic E-state index is 5.87. The second-order valence-corrected chi connectivity index (χ2v) is 4.17. The van der Waals surface area contributed by atoms with Crippen molar-refractivity contribution in [2.45, 2.75) is 19.8 Å². The summed E-state index contributed by atoms with van der Waals surface area (Å²) >= 11 is 9.25. The Kier molecular flexibility index (Phi) is 4.60. The average molecular weight is 263 g/mol. The Labute approximate surface area is 92.6 Å². The van der Waals surface area contributed by atoms with Gasteiger partial charge in [-0.1, -0.05) is 24.9 Å². The molecule has 0 bridgehead atoms. The highest BCUT2D eigenvalue weighted by Gasteiger charge is 1.97. The lowest BCUT2D eigenvalue weighted by atomic mass is 10.3. The minimum absolute atomic E-state index is 0.751. The van der Waals surface area contributed by atoms with E-state index in [9.17, 15) is 0 Å². The Bertz CT molecular complexity index is 276. The summed E-state index contributed by atoms with van der Waals surface area (Å²) in [5.74, 6) is 0. The average Bonchev–Trinajstić information content (AvgIpc) is 2.12. The molecule has 0 radical (unpaired) electrons. The number of anilines is 1. The molecule has 0 heterocycles. The van der Waals surface area contributed by atoms with E-state index in [4.69, 9.17) is 11.6 Å². The SMILES string of the molecule is CCCCNc1ccc(Cl)c(Br)c1. The number of halogens is 2. The van der Waals surface area contributed by atoms with E-state index >= 15 is 0 Å². The summed E-state index contributed by atoms with van der Waals surface area (Å²) in [5, 5.41) is 4.08. The Morgan fingerprint density at radius 1 is 1.46 bits per heavy atom. The molecule has 1 nitrogen and oxygen atoms in total. The van der Waals surface area contributed by atoms with Crippen LogP contribution < -0.4 is 5.32 Å². The summed E-state index contributed by atoms with van der Waals surface area (Å²) in [7, 11) is 0. The van der Waals surface area contributed by atoms with Crippen LogP contribution in [0.1, 0.15) is 19.8 Å². The van der Waals surface area contributed by atoms with Crippen molar-refractivity contribution in [2.24, 2.45) is 0 Å². The second kappa shape index (κ2) is 5.51. The minimum atomic E-state index is 0.751. The molecule has 0 aliphatic carbocycles. The Morgan fingerprint density at radius 3 is 2.85 bits per heavy atom. The Balaban J connectivity index is 2.53. The van der Waals surface area contributed by atoms with Crippen LogP contribution in [-0.2, 0) is 0 Å². The van der Waals surface area contributed by atoms with Crippen LogP contribution in [0.25, 0.3) is 0 Å². The van der Waals surface area contributed by atoms with Gasteiger partial charge in [-0.25, -0.2) is 0 Å². The number of hydrogen-bond acceptors (Lipinski definition) is 1. The lowest BCUT2D eigenvalue weighted by molar-refractivity contribution is 0.834. The van der Waals surface area contributed by atoms with Crippen molar-refractivity contribution in [3.05, 3.63) is 27.7 Å². The third-order valence-electron chi connectivity index (χ3n) is 1.78. The highest BCUT2D eigenvalue weighted by Crippen LogP contribution is 2.25. The molecule has 1 aromatic carbocycles. The molecule has 0 fully saturated rings. The predicted molar refractivity (Wildman–Crippen MR) is 62.5 cm³/mol. The zero-order chi connectivity index (χ0) is 9.68. The van der Waals surface area contributed by atoms with Crippen molar-refractivity contribution in [3.8, 4) is 0 Å². The van der Waals surface area contributed by atoms with Gasteiger partial charge in [0, 0.05) is 16.7 Å². The van der Waals surface area contributed by atoms with Crippen molar-refractivity contribution in [1.29, 1.82) is 0 Å². The van der Waals surface area contributed by atoms with Crippen molar-refractivity contribution < 1.29 is 0 Å².